The molecule has 1 rings (SSSR count). The molecule has 0 atom stereocenters. The van der Waals surface area contributed by atoms with Crippen LogP contribution in [0.1, 0.15) is 31.6 Å². The van der Waals surface area contributed by atoms with Crippen LogP contribution in [0.5, 0.6) is 0 Å². The smallest absolute Gasteiger partial charge is 0.0843 e. The zero-order chi connectivity index (χ0) is 14.3. The standard InChI is InChI=1S/C14H23Br2NOS/c1-14(2,6-7-17-8-9-18-3)5-4-11-10-12(15)13(16)19-11/h10,17H,4-9H2,1-3H3. The zero-order valence-corrected chi connectivity index (χ0v) is 15.9. The molecule has 110 valence electrons. The van der Waals surface area contributed by atoms with Gasteiger partial charge in [0.15, 0.2) is 0 Å². The molecule has 1 aromatic rings. The Bertz CT molecular complexity index is 360. The number of rotatable bonds is 9. The Kier molecular flexibility index (Phi) is 8.14. The molecular formula is C14H23Br2NOS. The number of hydrogen-bond donors (Lipinski definition) is 1. The van der Waals surface area contributed by atoms with E-state index in [1.54, 1.807) is 7.11 Å². The Balaban J connectivity index is 2.26. The Hall–Kier alpha value is 0.580. The Morgan fingerprint density at radius 3 is 2.58 bits per heavy atom. The number of aryl methyl sites for hydroxylation is 1. The van der Waals surface area contributed by atoms with E-state index in [0.717, 1.165) is 26.1 Å². The minimum Gasteiger partial charge on any atom is -0.383 e. The maximum Gasteiger partial charge on any atom is 0.0843 e. The van der Waals surface area contributed by atoms with Gasteiger partial charge < -0.3 is 10.1 Å². The van der Waals surface area contributed by atoms with Gasteiger partial charge in [-0.25, -0.2) is 0 Å². The molecule has 2 nitrogen and oxygen atoms in total. The Morgan fingerprint density at radius 1 is 1.26 bits per heavy atom. The highest BCUT2D eigenvalue weighted by Gasteiger charge is 2.18. The van der Waals surface area contributed by atoms with Crippen molar-refractivity contribution in [3.8, 4) is 0 Å². The predicted molar refractivity (Wildman–Crippen MR) is 91.2 cm³/mol. The number of ether oxygens (including phenoxy) is 1. The molecule has 1 N–H and O–H groups in total. The summed E-state index contributed by atoms with van der Waals surface area (Å²) in [6.07, 6.45) is 3.57. The first-order valence-electron chi connectivity index (χ1n) is 6.58. The molecule has 0 aromatic carbocycles. The number of nitrogens with one attached hydrogen (secondary N) is 1. The van der Waals surface area contributed by atoms with Crippen molar-refractivity contribution < 1.29 is 4.74 Å². The third-order valence-corrected chi connectivity index (χ3v) is 6.52. The zero-order valence-electron chi connectivity index (χ0n) is 11.9. The van der Waals surface area contributed by atoms with Gasteiger partial charge in [0.1, 0.15) is 0 Å². The van der Waals surface area contributed by atoms with Crippen molar-refractivity contribution in [3.05, 3.63) is 19.2 Å². The van der Waals surface area contributed by atoms with E-state index in [1.165, 1.54) is 26.0 Å². The van der Waals surface area contributed by atoms with Crippen molar-refractivity contribution >= 4 is 43.2 Å². The SMILES string of the molecule is COCCNCCC(C)(C)CCc1cc(Br)c(Br)s1. The molecule has 5 heteroatoms. The quantitative estimate of drug-likeness (QED) is 0.584. The summed E-state index contributed by atoms with van der Waals surface area (Å²) in [6.45, 7) is 7.49. The lowest BCUT2D eigenvalue weighted by Gasteiger charge is -2.24. The van der Waals surface area contributed by atoms with Crippen LogP contribution in [-0.4, -0.2) is 26.8 Å². The second-order valence-electron chi connectivity index (χ2n) is 5.49. The first-order chi connectivity index (χ1) is 8.94. The van der Waals surface area contributed by atoms with Gasteiger partial charge in [0.05, 0.1) is 10.4 Å². The first-order valence-corrected chi connectivity index (χ1v) is 8.98. The number of methoxy groups -OCH3 is 1. The molecule has 0 bridgehead atoms. The van der Waals surface area contributed by atoms with Crippen LogP contribution in [0.4, 0.5) is 0 Å². The van der Waals surface area contributed by atoms with E-state index in [9.17, 15) is 0 Å². The molecule has 1 heterocycles. The third kappa shape index (κ3) is 7.23. The molecule has 0 aliphatic carbocycles. The highest BCUT2D eigenvalue weighted by atomic mass is 79.9. The minimum absolute atomic E-state index is 0.378. The van der Waals surface area contributed by atoms with E-state index in [-0.39, 0.29) is 0 Å². The lowest BCUT2D eigenvalue weighted by atomic mass is 9.84. The maximum absolute atomic E-state index is 5.02. The molecule has 0 saturated carbocycles. The molecule has 0 spiro atoms. The van der Waals surface area contributed by atoms with Gasteiger partial charge in [-0.2, -0.15) is 0 Å². The van der Waals surface area contributed by atoms with Gasteiger partial charge >= 0.3 is 0 Å². The summed E-state index contributed by atoms with van der Waals surface area (Å²) >= 11 is 8.92. The summed E-state index contributed by atoms with van der Waals surface area (Å²) in [6, 6.07) is 2.22. The molecule has 0 fully saturated rings. The van der Waals surface area contributed by atoms with E-state index in [0.29, 0.717) is 5.41 Å². The summed E-state index contributed by atoms with van der Waals surface area (Å²) < 4.78 is 7.39. The van der Waals surface area contributed by atoms with Crippen LogP contribution in [0.25, 0.3) is 0 Å². The van der Waals surface area contributed by atoms with Gasteiger partial charge in [0.25, 0.3) is 0 Å². The molecule has 19 heavy (non-hydrogen) atoms. The summed E-state index contributed by atoms with van der Waals surface area (Å²) in [4.78, 5) is 1.44. The van der Waals surface area contributed by atoms with E-state index < -0.39 is 0 Å². The van der Waals surface area contributed by atoms with Gasteiger partial charge in [0, 0.05) is 23.0 Å². The fourth-order valence-electron chi connectivity index (χ4n) is 1.83. The van der Waals surface area contributed by atoms with Crippen molar-refractivity contribution in [1.82, 2.24) is 5.32 Å². The molecular weight excluding hydrogens is 390 g/mol. The number of hydrogen-bond acceptors (Lipinski definition) is 3. The number of thiophene rings is 1. The summed E-state index contributed by atoms with van der Waals surface area (Å²) in [7, 11) is 1.74. The van der Waals surface area contributed by atoms with Crippen LogP contribution < -0.4 is 5.32 Å². The third-order valence-electron chi connectivity index (χ3n) is 3.21. The largest absolute Gasteiger partial charge is 0.383 e. The van der Waals surface area contributed by atoms with Crippen molar-refractivity contribution in [1.29, 1.82) is 0 Å². The second kappa shape index (κ2) is 8.78. The molecule has 0 amide bonds. The molecule has 0 unspecified atom stereocenters. The van der Waals surface area contributed by atoms with Crippen molar-refractivity contribution in [2.24, 2.45) is 5.41 Å². The summed E-state index contributed by atoms with van der Waals surface area (Å²) in [5, 5.41) is 3.42. The van der Waals surface area contributed by atoms with Gasteiger partial charge in [-0.05, 0) is 69.1 Å². The van der Waals surface area contributed by atoms with Crippen LogP contribution in [-0.2, 0) is 11.2 Å². The number of halogens is 2. The van der Waals surface area contributed by atoms with E-state index in [1.807, 2.05) is 11.3 Å². The van der Waals surface area contributed by atoms with Crippen LogP contribution >= 0.6 is 43.2 Å². The lowest BCUT2D eigenvalue weighted by Crippen LogP contribution is -2.25. The van der Waals surface area contributed by atoms with E-state index >= 15 is 0 Å². The highest BCUT2D eigenvalue weighted by Crippen LogP contribution is 2.35. The fraction of sp³-hybridized carbons (Fsp3) is 0.714. The van der Waals surface area contributed by atoms with Gasteiger partial charge in [-0.3, -0.25) is 0 Å². The molecule has 0 aliphatic heterocycles. The van der Waals surface area contributed by atoms with Crippen LogP contribution in [0.2, 0.25) is 0 Å². The van der Waals surface area contributed by atoms with E-state index in [2.05, 4.69) is 57.1 Å². The molecule has 0 aliphatic rings. The van der Waals surface area contributed by atoms with Crippen LogP contribution in [0, 0.1) is 5.41 Å². The molecule has 0 saturated heterocycles. The van der Waals surface area contributed by atoms with Crippen molar-refractivity contribution in [2.45, 2.75) is 33.1 Å². The highest BCUT2D eigenvalue weighted by molar-refractivity contribution is 9.13. The minimum atomic E-state index is 0.378. The normalized spacial score (nSPS) is 12.1. The van der Waals surface area contributed by atoms with Gasteiger partial charge in [-0.15, -0.1) is 11.3 Å². The summed E-state index contributed by atoms with van der Waals surface area (Å²) in [5.41, 5.74) is 0.378. The van der Waals surface area contributed by atoms with Gasteiger partial charge in [-0.1, -0.05) is 13.8 Å². The van der Waals surface area contributed by atoms with E-state index in [4.69, 9.17) is 4.74 Å². The Labute approximate surface area is 137 Å². The Morgan fingerprint density at radius 2 is 2.00 bits per heavy atom. The average Bonchev–Trinajstić information content (AvgIpc) is 2.66. The maximum atomic E-state index is 5.02. The van der Waals surface area contributed by atoms with Crippen molar-refractivity contribution in [3.63, 3.8) is 0 Å². The lowest BCUT2D eigenvalue weighted by molar-refractivity contribution is 0.197. The topological polar surface area (TPSA) is 21.3 Å². The van der Waals surface area contributed by atoms with Crippen LogP contribution in [0.15, 0.2) is 14.3 Å². The first kappa shape index (κ1) is 17.6. The molecule has 1 aromatic heterocycles. The second-order valence-corrected chi connectivity index (χ2v) is 8.80. The predicted octanol–water partition coefficient (Wildman–Crippen LogP) is 4.86. The monoisotopic (exact) mass is 411 g/mol. The van der Waals surface area contributed by atoms with Gasteiger partial charge in [0.2, 0.25) is 0 Å². The van der Waals surface area contributed by atoms with Crippen molar-refractivity contribution in [2.75, 3.05) is 26.8 Å². The van der Waals surface area contributed by atoms with Crippen LogP contribution in [0.3, 0.4) is 0 Å². The molecule has 0 radical (unpaired) electrons. The summed E-state index contributed by atoms with van der Waals surface area (Å²) in [5.74, 6) is 0. The fourth-order valence-corrected chi connectivity index (χ4v) is 4.00. The average molecular weight is 413 g/mol.